The van der Waals surface area contributed by atoms with Crippen LogP contribution in [0.5, 0.6) is 0 Å². The average molecular weight is 552 g/mol. The van der Waals surface area contributed by atoms with E-state index in [1.54, 1.807) is 35.9 Å². The zero-order valence-electron chi connectivity index (χ0n) is 19.5. The van der Waals surface area contributed by atoms with E-state index in [1.807, 2.05) is 0 Å². The third kappa shape index (κ3) is 5.63. The minimum atomic E-state index is -3.78. The van der Waals surface area contributed by atoms with E-state index < -0.39 is 15.6 Å². The number of rotatable bonds is 8. The Morgan fingerprint density at radius 1 is 1.08 bits per heavy atom. The van der Waals surface area contributed by atoms with Gasteiger partial charge >= 0.3 is 0 Å². The SMILES string of the molecule is Nc1nc2c(c(=O)[nH]1)NC(CNc1ccc(C(=O)Nc3ccc(S(=O)(=O)Nc4nccs4)cc3)cc1)C=N2. The molecule has 4 aromatic rings. The topological polar surface area (TPSA) is 196 Å². The van der Waals surface area contributed by atoms with Crippen LogP contribution in [0.4, 0.5) is 34.0 Å². The molecule has 0 saturated heterocycles. The molecule has 0 fully saturated rings. The van der Waals surface area contributed by atoms with E-state index in [4.69, 9.17) is 5.73 Å². The Balaban J connectivity index is 1.15. The Morgan fingerprint density at radius 2 is 1.82 bits per heavy atom. The number of nitrogens with two attached hydrogens (primary N) is 1. The maximum atomic E-state index is 12.7. The van der Waals surface area contributed by atoms with Crippen molar-refractivity contribution in [2.45, 2.75) is 10.9 Å². The second-order valence-electron chi connectivity index (χ2n) is 8.06. The molecule has 0 aliphatic carbocycles. The fraction of sp³-hybridized carbons (Fsp3) is 0.0870. The van der Waals surface area contributed by atoms with Gasteiger partial charge in [-0.05, 0) is 48.5 Å². The number of hydrogen-bond donors (Lipinski definition) is 6. The van der Waals surface area contributed by atoms with E-state index >= 15 is 0 Å². The lowest BCUT2D eigenvalue weighted by molar-refractivity contribution is 0.102. The number of aliphatic imine (C=N–C) groups is 1. The molecule has 194 valence electrons. The van der Waals surface area contributed by atoms with Gasteiger partial charge in [0.05, 0.1) is 10.9 Å². The van der Waals surface area contributed by atoms with Crippen LogP contribution in [-0.2, 0) is 10.0 Å². The van der Waals surface area contributed by atoms with Gasteiger partial charge in [-0.1, -0.05) is 0 Å². The van der Waals surface area contributed by atoms with Crippen LogP contribution in [-0.4, -0.2) is 48.1 Å². The van der Waals surface area contributed by atoms with E-state index in [9.17, 15) is 18.0 Å². The molecule has 0 radical (unpaired) electrons. The first-order chi connectivity index (χ1) is 18.3. The quantitative estimate of drug-likeness (QED) is 0.190. The van der Waals surface area contributed by atoms with Crippen molar-refractivity contribution in [2.24, 2.45) is 4.99 Å². The molecule has 13 nitrogen and oxygen atoms in total. The van der Waals surface area contributed by atoms with Crippen molar-refractivity contribution < 1.29 is 13.2 Å². The Bertz CT molecular complexity index is 1650. The molecular weight excluding hydrogens is 530 g/mol. The van der Waals surface area contributed by atoms with Crippen LogP contribution < -0.4 is 32.0 Å². The van der Waals surface area contributed by atoms with Crippen molar-refractivity contribution in [3.05, 3.63) is 76.0 Å². The summed E-state index contributed by atoms with van der Waals surface area (Å²) in [4.78, 5) is 39.3. The number of aromatic amines is 1. The van der Waals surface area contributed by atoms with Gasteiger partial charge in [-0.3, -0.25) is 19.3 Å². The molecule has 1 aliphatic heterocycles. The average Bonchev–Trinajstić information content (AvgIpc) is 3.40. The predicted molar refractivity (Wildman–Crippen MR) is 147 cm³/mol. The van der Waals surface area contributed by atoms with Crippen LogP contribution in [0.25, 0.3) is 0 Å². The molecular formula is C23H21N9O4S2. The summed E-state index contributed by atoms with van der Waals surface area (Å²) in [7, 11) is -3.78. The Kier molecular flexibility index (Phi) is 6.76. The second-order valence-corrected chi connectivity index (χ2v) is 10.6. The zero-order chi connectivity index (χ0) is 26.7. The molecule has 2 aromatic carbocycles. The van der Waals surface area contributed by atoms with Crippen LogP contribution in [0.3, 0.4) is 0 Å². The molecule has 1 atom stereocenters. The fourth-order valence-corrected chi connectivity index (χ4v) is 5.31. The third-order valence-corrected chi connectivity index (χ3v) is 7.55. The molecule has 0 bridgehead atoms. The molecule has 1 amide bonds. The molecule has 38 heavy (non-hydrogen) atoms. The van der Waals surface area contributed by atoms with E-state index in [-0.39, 0.29) is 39.4 Å². The molecule has 1 unspecified atom stereocenters. The number of carbonyl (C=O) groups excluding carboxylic acids is 1. The van der Waals surface area contributed by atoms with E-state index in [2.05, 4.69) is 40.6 Å². The highest BCUT2D eigenvalue weighted by Crippen LogP contribution is 2.23. The number of nitrogen functional groups attached to an aromatic ring is 1. The standard InChI is InChI=1S/C23H21N9O4S2/c24-22-30-19-18(21(34)31-22)28-16(12-27-19)11-26-14-3-1-13(2-4-14)20(33)29-15-5-7-17(8-6-15)38(35,36)32-23-25-9-10-37-23/h1-10,12,16,26,28H,11H2,(H,25,32)(H,29,33)(H3,24,30,31,34). The molecule has 5 rings (SSSR count). The maximum Gasteiger partial charge on any atom is 0.277 e. The molecule has 1 aliphatic rings. The van der Waals surface area contributed by atoms with E-state index in [0.717, 1.165) is 5.69 Å². The highest BCUT2D eigenvalue weighted by molar-refractivity contribution is 7.93. The number of aromatic nitrogens is 3. The van der Waals surface area contributed by atoms with Crippen molar-refractivity contribution in [2.75, 3.05) is 33.0 Å². The van der Waals surface area contributed by atoms with Gasteiger partial charge in [0.1, 0.15) is 5.69 Å². The van der Waals surface area contributed by atoms with Gasteiger partial charge in [-0.2, -0.15) is 4.98 Å². The summed E-state index contributed by atoms with van der Waals surface area (Å²) in [6.07, 6.45) is 3.14. The number of carbonyl (C=O) groups is 1. The van der Waals surface area contributed by atoms with E-state index in [1.165, 1.54) is 41.8 Å². The summed E-state index contributed by atoms with van der Waals surface area (Å²) in [5, 5.41) is 11.0. The lowest BCUT2D eigenvalue weighted by Crippen LogP contribution is -2.34. The lowest BCUT2D eigenvalue weighted by Gasteiger charge is -2.21. The van der Waals surface area contributed by atoms with Crippen LogP contribution in [0.15, 0.2) is 74.8 Å². The smallest absolute Gasteiger partial charge is 0.277 e. The van der Waals surface area contributed by atoms with Crippen molar-refractivity contribution in [3.8, 4) is 0 Å². The number of H-pyrrole nitrogens is 1. The van der Waals surface area contributed by atoms with Crippen molar-refractivity contribution in [1.82, 2.24) is 15.0 Å². The van der Waals surface area contributed by atoms with Gasteiger partial charge in [0.25, 0.3) is 21.5 Å². The predicted octanol–water partition coefficient (Wildman–Crippen LogP) is 2.47. The minimum Gasteiger partial charge on any atom is -0.383 e. The van der Waals surface area contributed by atoms with Crippen LogP contribution >= 0.6 is 11.3 Å². The summed E-state index contributed by atoms with van der Waals surface area (Å²) in [6.45, 7) is 0.422. The lowest BCUT2D eigenvalue weighted by atomic mass is 10.1. The molecule has 0 saturated carbocycles. The van der Waals surface area contributed by atoms with Gasteiger partial charge in [0.15, 0.2) is 10.9 Å². The van der Waals surface area contributed by atoms with Crippen LogP contribution in [0.2, 0.25) is 0 Å². The number of sulfonamides is 1. The second kappa shape index (κ2) is 10.3. The summed E-state index contributed by atoms with van der Waals surface area (Å²) < 4.78 is 27.3. The summed E-state index contributed by atoms with van der Waals surface area (Å²) in [5.74, 6) is -0.114. The molecule has 15 heteroatoms. The number of thiazole rings is 1. The van der Waals surface area contributed by atoms with Crippen LogP contribution in [0.1, 0.15) is 10.4 Å². The van der Waals surface area contributed by atoms with Gasteiger partial charge in [-0.15, -0.1) is 11.3 Å². The van der Waals surface area contributed by atoms with Crippen molar-refractivity contribution in [1.29, 1.82) is 0 Å². The highest BCUT2D eigenvalue weighted by atomic mass is 32.2. The largest absolute Gasteiger partial charge is 0.383 e. The Labute approximate surface area is 220 Å². The number of benzene rings is 2. The molecule has 7 N–H and O–H groups in total. The minimum absolute atomic E-state index is 0.00161. The van der Waals surface area contributed by atoms with Gasteiger partial charge < -0.3 is 21.7 Å². The number of fused-ring (bicyclic) bond motifs is 1. The Morgan fingerprint density at radius 3 is 2.53 bits per heavy atom. The van der Waals surface area contributed by atoms with Crippen LogP contribution in [0, 0.1) is 0 Å². The summed E-state index contributed by atoms with van der Waals surface area (Å²) >= 11 is 1.17. The van der Waals surface area contributed by atoms with Gasteiger partial charge in [-0.25, -0.2) is 18.4 Å². The molecule has 3 heterocycles. The van der Waals surface area contributed by atoms with Gasteiger partial charge in [0, 0.05) is 41.3 Å². The number of anilines is 5. The fourth-order valence-electron chi connectivity index (χ4n) is 3.52. The summed E-state index contributed by atoms with van der Waals surface area (Å²) in [5.41, 5.74) is 7.01. The summed E-state index contributed by atoms with van der Waals surface area (Å²) in [6, 6.07) is 12.4. The first-order valence-electron chi connectivity index (χ1n) is 11.1. The van der Waals surface area contributed by atoms with Gasteiger partial charge in [0.2, 0.25) is 5.95 Å². The third-order valence-electron chi connectivity index (χ3n) is 5.37. The van der Waals surface area contributed by atoms with Crippen molar-refractivity contribution in [3.63, 3.8) is 0 Å². The number of nitrogens with zero attached hydrogens (tertiary/aromatic N) is 3. The molecule has 0 spiro atoms. The van der Waals surface area contributed by atoms with E-state index in [0.29, 0.717) is 17.8 Å². The number of amides is 1. The maximum absolute atomic E-state index is 12.7. The number of hydrogen-bond acceptors (Lipinski definition) is 11. The molecule has 2 aromatic heterocycles. The first-order valence-corrected chi connectivity index (χ1v) is 13.5. The first kappa shape index (κ1) is 24.9. The monoisotopic (exact) mass is 551 g/mol. The highest BCUT2D eigenvalue weighted by Gasteiger charge is 2.19. The normalized spacial score (nSPS) is 14.3. The van der Waals surface area contributed by atoms with Crippen molar-refractivity contribution >= 4 is 67.4 Å². The Hall–Kier alpha value is -4.76. The zero-order valence-corrected chi connectivity index (χ0v) is 21.1. The number of nitrogens with one attached hydrogen (secondary N) is 5.